The first-order chi connectivity index (χ1) is 19.4. The molecule has 1 fully saturated rings. The summed E-state index contributed by atoms with van der Waals surface area (Å²) in [5.74, 6) is 1.60. The van der Waals surface area contributed by atoms with Crippen LogP contribution in [-0.2, 0) is 16.2 Å². The van der Waals surface area contributed by atoms with E-state index >= 15 is 0 Å². The van der Waals surface area contributed by atoms with Crippen molar-refractivity contribution in [2.45, 2.75) is 13.5 Å². The largest absolute Gasteiger partial charge is 0.496 e. The number of methoxy groups -OCH3 is 1. The molecule has 8 heteroatoms. The number of hydrogen-bond donors (Lipinski definition) is 1. The van der Waals surface area contributed by atoms with Crippen molar-refractivity contribution in [3.63, 3.8) is 0 Å². The van der Waals surface area contributed by atoms with Gasteiger partial charge in [-0.1, -0.05) is 42.5 Å². The number of rotatable bonds is 8. The van der Waals surface area contributed by atoms with Crippen LogP contribution < -0.4 is 24.4 Å². The number of aryl methyl sites for hydroxylation is 1. The van der Waals surface area contributed by atoms with E-state index < -0.39 is 11.8 Å². The van der Waals surface area contributed by atoms with Gasteiger partial charge in [-0.2, -0.15) is 0 Å². The Balaban J connectivity index is 1.38. The zero-order valence-electron chi connectivity index (χ0n) is 21.9. The van der Waals surface area contributed by atoms with Crippen LogP contribution in [0, 0.1) is 6.92 Å². The summed E-state index contributed by atoms with van der Waals surface area (Å²) >= 11 is 5.35. The summed E-state index contributed by atoms with van der Waals surface area (Å²) in [6.07, 6.45) is 1.54. The molecule has 1 aliphatic heterocycles. The van der Waals surface area contributed by atoms with E-state index in [-0.39, 0.29) is 17.3 Å². The van der Waals surface area contributed by atoms with E-state index in [9.17, 15) is 9.59 Å². The SMILES string of the molecule is COc1ccc(C=C2C(=O)NC(=S)N(c3ccc(Oc4ccccc4)cc3)C2=O)cc1COc1ccccc1C. The van der Waals surface area contributed by atoms with Crippen molar-refractivity contribution in [2.24, 2.45) is 0 Å². The zero-order chi connectivity index (χ0) is 28.1. The fourth-order valence-corrected chi connectivity index (χ4v) is 4.50. The number of carbonyl (C=O) groups is 2. The van der Waals surface area contributed by atoms with E-state index in [2.05, 4.69) is 5.32 Å². The second-order valence-corrected chi connectivity index (χ2v) is 9.38. The molecule has 0 unspecified atom stereocenters. The molecule has 0 bridgehead atoms. The highest BCUT2D eigenvalue weighted by atomic mass is 32.1. The lowest BCUT2D eigenvalue weighted by molar-refractivity contribution is -0.122. The van der Waals surface area contributed by atoms with Crippen molar-refractivity contribution >= 4 is 40.9 Å². The topological polar surface area (TPSA) is 77.1 Å². The third kappa shape index (κ3) is 5.87. The lowest BCUT2D eigenvalue weighted by atomic mass is 10.0. The monoisotopic (exact) mass is 550 g/mol. The van der Waals surface area contributed by atoms with Gasteiger partial charge in [-0.25, -0.2) is 0 Å². The molecule has 4 aromatic rings. The number of carbonyl (C=O) groups excluding carboxylic acids is 2. The van der Waals surface area contributed by atoms with Crippen LogP contribution in [-0.4, -0.2) is 24.0 Å². The predicted octanol–water partition coefficient (Wildman–Crippen LogP) is 6.21. The average Bonchev–Trinajstić information content (AvgIpc) is 2.96. The maximum absolute atomic E-state index is 13.5. The molecule has 1 aliphatic rings. The van der Waals surface area contributed by atoms with Crippen molar-refractivity contribution in [3.05, 3.63) is 119 Å². The van der Waals surface area contributed by atoms with Crippen LogP contribution in [0.5, 0.6) is 23.0 Å². The number of amides is 2. The van der Waals surface area contributed by atoms with Crippen LogP contribution >= 0.6 is 12.2 Å². The highest BCUT2D eigenvalue weighted by Gasteiger charge is 2.34. The van der Waals surface area contributed by atoms with Gasteiger partial charge in [0.15, 0.2) is 5.11 Å². The first-order valence-corrected chi connectivity index (χ1v) is 12.9. The first kappa shape index (κ1) is 26.6. The number of anilines is 1. The number of benzene rings is 4. The number of thiocarbonyl (C=S) groups is 1. The highest BCUT2D eigenvalue weighted by molar-refractivity contribution is 7.80. The number of nitrogens with zero attached hydrogens (tertiary/aromatic N) is 1. The molecule has 1 saturated heterocycles. The summed E-state index contributed by atoms with van der Waals surface area (Å²) in [6.45, 7) is 2.22. The van der Waals surface area contributed by atoms with E-state index in [1.165, 1.54) is 11.0 Å². The number of nitrogens with one attached hydrogen (secondary N) is 1. The lowest BCUT2D eigenvalue weighted by Crippen LogP contribution is -2.54. The molecular formula is C32H26N2O5S. The van der Waals surface area contributed by atoms with Gasteiger partial charge in [0.2, 0.25) is 0 Å². The fraction of sp³-hybridized carbons (Fsp3) is 0.0938. The van der Waals surface area contributed by atoms with Crippen LogP contribution in [0.3, 0.4) is 0 Å². The quantitative estimate of drug-likeness (QED) is 0.160. The fourth-order valence-electron chi connectivity index (χ4n) is 4.22. The van der Waals surface area contributed by atoms with Crippen molar-refractivity contribution in [3.8, 4) is 23.0 Å². The molecule has 0 saturated carbocycles. The molecule has 0 spiro atoms. The number of para-hydroxylation sites is 2. The minimum Gasteiger partial charge on any atom is -0.496 e. The molecule has 1 N–H and O–H groups in total. The second kappa shape index (κ2) is 11.8. The van der Waals surface area contributed by atoms with Gasteiger partial charge in [0.1, 0.15) is 35.2 Å². The molecule has 1 heterocycles. The predicted molar refractivity (Wildman–Crippen MR) is 158 cm³/mol. The molecule has 0 aliphatic carbocycles. The maximum atomic E-state index is 13.5. The highest BCUT2D eigenvalue weighted by Crippen LogP contribution is 2.28. The van der Waals surface area contributed by atoms with Crippen molar-refractivity contribution in [2.75, 3.05) is 12.0 Å². The average molecular weight is 551 g/mol. The number of ether oxygens (including phenoxy) is 3. The zero-order valence-corrected chi connectivity index (χ0v) is 22.7. The van der Waals surface area contributed by atoms with E-state index in [1.807, 2.05) is 67.6 Å². The van der Waals surface area contributed by atoms with Gasteiger partial charge in [0, 0.05) is 5.56 Å². The third-order valence-electron chi connectivity index (χ3n) is 6.27. The Morgan fingerprint density at radius 3 is 2.27 bits per heavy atom. The molecule has 40 heavy (non-hydrogen) atoms. The van der Waals surface area contributed by atoms with Crippen LogP contribution in [0.15, 0.2) is 103 Å². The lowest BCUT2D eigenvalue weighted by Gasteiger charge is -2.29. The van der Waals surface area contributed by atoms with Crippen LogP contribution in [0.2, 0.25) is 0 Å². The first-order valence-electron chi connectivity index (χ1n) is 12.5. The van der Waals surface area contributed by atoms with E-state index in [4.69, 9.17) is 26.4 Å². The summed E-state index contributed by atoms with van der Waals surface area (Å²) in [4.78, 5) is 27.6. The van der Waals surface area contributed by atoms with E-state index in [0.717, 1.165) is 16.9 Å². The van der Waals surface area contributed by atoms with Crippen molar-refractivity contribution in [1.29, 1.82) is 0 Å². The molecule has 4 aromatic carbocycles. The van der Waals surface area contributed by atoms with Crippen LogP contribution in [0.4, 0.5) is 5.69 Å². The Labute approximate surface area is 237 Å². The number of hydrogen-bond acceptors (Lipinski definition) is 6. The van der Waals surface area contributed by atoms with Crippen LogP contribution in [0.1, 0.15) is 16.7 Å². The van der Waals surface area contributed by atoms with Gasteiger partial charge < -0.3 is 14.2 Å². The third-order valence-corrected chi connectivity index (χ3v) is 6.55. The summed E-state index contributed by atoms with van der Waals surface area (Å²) in [5.41, 5.74) is 2.88. The molecular weight excluding hydrogens is 524 g/mol. The summed E-state index contributed by atoms with van der Waals surface area (Å²) in [6, 6.07) is 29.4. The smallest absolute Gasteiger partial charge is 0.270 e. The molecule has 0 atom stereocenters. The Kier molecular flexibility index (Phi) is 7.89. The summed E-state index contributed by atoms with van der Waals surface area (Å²) in [5, 5.41) is 2.63. The standard InChI is InChI=1S/C32H26N2O5S/c1-21-8-6-7-11-28(21)38-20-23-18-22(12-17-29(23)37-2)19-27-30(35)33-32(40)34(31(27)36)24-13-15-26(16-14-24)39-25-9-4-3-5-10-25/h3-19H,20H2,1-2H3,(H,33,35,40). The molecule has 0 aromatic heterocycles. The molecule has 200 valence electrons. The molecule has 2 amide bonds. The summed E-state index contributed by atoms with van der Waals surface area (Å²) in [7, 11) is 1.58. The minimum atomic E-state index is -0.566. The normalized spacial score (nSPS) is 14.2. The van der Waals surface area contributed by atoms with Gasteiger partial charge in [-0.05, 0) is 90.9 Å². The van der Waals surface area contributed by atoms with Gasteiger partial charge in [-0.15, -0.1) is 0 Å². The molecule has 0 radical (unpaired) electrons. The Hall–Kier alpha value is -4.95. The molecule has 5 rings (SSSR count). The maximum Gasteiger partial charge on any atom is 0.270 e. The van der Waals surface area contributed by atoms with Crippen LogP contribution in [0.25, 0.3) is 6.08 Å². The Morgan fingerprint density at radius 1 is 0.850 bits per heavy atom. The van der Waals surface area contributed by atoms with Gasteiger partial charge in [-0.3, -0.25) is 19.8 Å². The minimum absolute atomic E-state index is 0.00549. The summed E-state index contributed by atoms with van der Waals surface area (Å²) < 4.78 is 17.3. The second-order valence-electron chi connectivity index (χ2n) is 8.99. The molecule has 7 nitrogen and oxygen atoms in total. The van der Waals surface area contributed by atoms with Crippen molar-refractivity contribution in [1.82, 2.24) is 5.32 Å². The van der Waals surface area contributed by atoms with Crippen molar-refractivity contribution < 1.29 is 23.8 Å². The van der Waals surface area contributed by atoms with E-state index in [0.29, 0.717) is 28.5 Å². The van der Waals surface area contributed by atoms with Gasteiger partial charge in [0.25, 0.3) is 11.8 Å². The van der Waals surface area contributed by atoms with Gasteiger partial charge >= 0.3 is 0 Å². The Bertz CT molecular complexity index is 1600. The Morgan fingerprint density at radius 2 is 1.55 bits per heavy atom. The van der Waals surface area contributed by atoms with E-state index in [1.54, 1.807) is 43.5 Å². The van der Waals surface area contributed by atoms with Gasteiger partial charge in [0.05, 0.1) is 12.8 Å².